The number of aromatic nitrogens is 2. The second-order valence-electron chi connectivity index (χ2n) is 6.12. The zero-order chi connectivity index (χ0) is 20.0. The van der Waals surface area contributed by atoms with Gasteiger partial charge in [-0.25, -0.2) is 13.6 Å². The largest absolute Gasteiger partial charge is 0.478 e. The molecule has 1 N–H and O–H groups in total. The maximum Gasteiger partial charge on any atom is 0.335 e. The maximum absolute atomic E-state index is 14.1. The van der Waals surface area contributed by atoms with Crippen LogP contribution in [0.1, 0.15) is 25.6 Å². The number of carbonyl (C=O) groups is 2. The van der Waals surface area contributed by atoms with Crippen molar-refractivity contribution in [3.63, 3.8) is 0 Å². The van der Waals surface area contributed by atoms with E-state index in [1.807, 2.05) is 6.92 Å². The number of carbonyl (C=O) groups excluding carboxylic acids is 1. The molecule has 0 bridgehead atoms. The number of aromatic carboxylic acids is 1. The molecule has 140 valence electrons. The molecule has 2 aromatic carbocycles. The first-order valence-corrected chi connectivity index (χ1v) is 9.00. The quantitative estimate of drug-likeness (QED) is 0.541. The van der Waals surface area contributed by atoms with Crippen molar-refractivity contribution in [2.45, 2.75) is 6.92 Å². The number of benzene rings is 2. The molecule has 0 fully saturated rings. The van der Waals surface area contributed by atoms with E-state index in [2.05, 4.69) is 5.10 Å². The van der Waals surface area contributed by atoms with Crippen LogP contribution in [-0.2, 0) is 0 Å². The SMILES string of the molecule is Cc1cc2c(s1)c(-c1ccc(C(=O)O)cc1)nn2C(=O)c1c(F)cccc1F. The van der Waals surface area contributed by atoms with Crippen molar-refractivity contribution in [2.75, 3.05) is 0 Å². The average Bonchev–Trinajstić information content (AvgIpc) is 3.19. The highest BCUT2D eigenvalue weighted by Gasteiger charge is 2.24. The smallest absolute Gasteiger partial charge is 0.335 e. The Morgan fingerprint density at radius 2 is 1.71 bits per heavy atom. The summed E-state index contributed by atoms with van der Waals surface area (Å²) in [5.41, 5.74) is 0.912. The zero-order valence-corrected chi connectivity index (χ0v) is 15.3. The summed E-state index contributed by atoms with van der Waals surface area (Å²) >= 11 is 1.39. The Kier molecular flexibility index (Phi) is 4.27. The molecule has 2 heterocycles. The summed E-state index contributed by atoms with van der Waals surface area (Å²) in [4.78, 5) is 24.8. The van der Waals surface area contributed by atoms with Crippen molar-refractivity contribution in [1.29, 1.82) is 0 Å². The normalized spacial score (nSPS) is 11.1. The molecule has 0 aliphatic carbocycles. The summed E-state index contributed by atoms with van der Waals surface area (Å²) in [6.07, 6.45) is 0. The highest BCUT2D eigenvalue weighted by Crippen LogP contribution is 2.35. The summed E-state index contributed by atoms with van der Waals surface area (Å²) in [5, 5.41) is 13.3. The van der Waals surface area contributed by atoms with Crippen LogP contribution in [0.4, 0.5) is 8.78 Å². The topological polar surface area (TPSA) is 72.2 Å². The zero-order valence-electron chi connectivity index (χ0n) is 14.4. The van der Waals surface area contributed by atoms with Gasteiger partial charge in [0.15, 0.2) is 0 Å². The van der Waals surface area contributed by atoms with Crippen LogP contribution in [-0.4, -0.2) is 26.8 Å². The van der Waals surface area contributed by atoms with Crippen molar-refractivity contribution < 1.29 is 23.5 Å². The van der Waals surface area contributed by atoms with Crippen molar-refractivity contribution >= 4 is 33.4 Å². The molecular weight excluding hydrogens is 386 g/mol. The monoisotopic (exact) mass is 398 g/mol. The molecule has 8 heteroatoms. The molecule has 5 nitrogen and oxygen atoms in total. The van der Waals surface area contributed by atoms with Crippen molar-refractivity contribution in [2.24, 2.45) is 0 Å². The van der Waals surface area contributed by atoms with Gasteiger partial charge >= 0.3 is 5.97 Å². The lowest BCUT2D eigenvalue weighted by atomic mass is 10.1. The van der Waals surface area contributed by atoms with E-state index >= 15 is 0 Å². The summed E-state index contributed by atoms with van der Waals surface area (Å²) in [5.74, 6) is -3.90. The summed E-state index contributed by atoms with van der Waals surface area (Å²) in [7, 11) is 0. The van der Waals surface area contributed by atoms with Crippen molar-refractivity contribution in [3.05, 3.63) is 76.2 Å². The predicted octanol–water partition coefficient (Wildman–Crippen LogP) is 4.74. The molecule has 4 aromatic rings. The molecule has 0 saturated heterocycles. The Balaban J connectivity index is 1.89. The molecule has 0 saturated carbocycles. The van der Waals surface area contributed by atoms with Gasteiger partial charge in [0.2, 0.25) is 0 Å². The van der Waals surface area contributed by atoms with Crippen LogP contribution in [0.25, 0.3) is 21.5 Å². The molecular formula is C20H12F2N2O3S. The minimum absolute atomic E-state index is 0.117. The number of nitrogens with zero attached hydrogens (tertiary/aromatic N) is 2. The molecule has 0 radical (unpaired) electrons. The number of halogens is 2. The van der Waals surface area contributed by atoms with Crippen LogP contribution in [0.5, 0.6) is 0 Å². The van der Waals surface area contributed by atoms with Crippen LogP contribution in [0.2, 0.25) is 0 Å². The number of aryl methyl sites for hydroxylation is 1. The number of hydrogen-bond donors (Lipinski definition) is 1. The number of thiophene rings is 1. The van der Waals surface area contributed by atoms with E-state index in [0.29, 0.717) is 21.5 Å². The first kappa shape index (κ1) is 18.0. The molecule has 2 aromatic heterocycles. The Hall–Kier alpha value is -3.39. The Morgan fingerprint density at radius 1 is 1.07 bits per heavy atom. The fourth-order valence-corrected chi connectivity index (χ4v) is 3.95. The second-order valence-corrected chi connectivity index (χ2v) is 7.37. The molecule has 0 aliphatic rings. The molecule has 0 aliphatic heterocycles. The standard InChI is InChI=1S/C20H12F2N2O3S/c1-10-9-15-18(28-10)17(11-5-7-12(8-6-11)20(26)27)23-24(15)19(25)16-13(21)3-2-4-14(16)22/h2-9H,1H3,(H,26,27). The van der Waals surface area contributed by atoms with E-state index in [-0.39, 0.29) is 5.56 Å². The molecule has 0 spiro atoms. The summed E-state index contributed by atoms with van der Waals surface area (Å²) in [6.45, 7) is 1.85. The van der Waals surface area contributed by atoms with Crippen LogP contribution in [0.3, 0.4) is 0 Å². The third-order valence-corrected chi connectivity index (χ3v) is 5.30. The van der Waals surface area contributed by atoms with Gasteiger partial charge in [0.25, 0.3) is 5.91 Å². The molecule has 4 rings (SSSR count). The number of fused-ring (bicyclic) bond motifs is 1. The summed E-state index contributed by atoms with van der Waals surface area (Å²) in [6, 6.07) is 11.0. The summed E-state index contributed by atoms with van der Waals surface area (Å²) < 4.78 is 29.8. The van der Waals surface area contributed by atoms with Gasteiger partial charge in [-0.2, -0.15) is 9.78 Å². The fourth-order valence-electron chi connectivity index (χ4n) is 2.95. The number of hydrogen-bond acceptors (Lipinski definition) is 4. The van der Waals surface area contributed by atoms with Crippen LogP contribution in [0, 0.1) is 18.6 Å². The lowest BCUT2D eigenvalue weighted by molar-refractivity contribution is 0.0696. The third kappa shape index (κ3) is 2.87. The van der Waals surface area contributed by atoms with Gasteiger partial charge in [-0.15, -0.1) is 11.3 Å². The van der Waals surface area contributed by atoms with Gasteiger partial charge in [0.1, 0.15) is 22.9 Å². The van der Waals surface area contributed by atoms with Gasteiger partial charge in [-0.1, -0.05) is 18.2 Å². The van der Waals surface area contributed by atoms with E-state index in [0.717, 1.165) is 21.7 Å². The van der Waals surface area contributed by atoms with Gasteiger partial charge < -0.3 is 5.11 Å². The minimum Gasteiger partial charge on any atom is -0.478 e. The lowest BCUT2D eigenvalue weighted by Crippen LogP contribution is -2.17. The fraction of sp³-hybridized carbons (Fsp3) is 0.0500. The van der Waals surface area contributed by atoms with Crippen molar-refractivity contribution in [1.82, 2.24) is 9.78 Å². The molecule has 0 unspecified atom stereocenters. The van der Waals surface area contributed by atoms with Gasteiger partial charge in [0.05, 0.1) is 15.8 Å². The predicted molar refractivity (Wildman–Crippen MR) is 101 cm³/mol. The van der Waals surface area contributed by atoms with Crippen molar-refractivity contribution in [3.8, 4) is 11.3 Å². The number of rotatable bonds is 3. The maximum atomic E-state index is 14.1. The Morgan fingerprint density at radius 3 is 2.32 bits per heavy atom. The van der Waals surface area contributed by atoms with Gasteiger partial charge in [-0.05, 0) is 37.3 Å². The first-order valence-electron chi connectivity index (χ1n) is 8.18. The van der Waals surface area contributed by atoms with Crippen LogP contribution < -0.4 is 0 Å². The van der Waals surface area contributed by atoms with Gasteiger partial charge in [-0.3, -0.25) is 4.79 Å². The molecule has 0 amide bonds. The van der Waals surface area contributed by atoms with E-state index in [9.17, 15) is 18.4 Å². The van der Waals surface area contributed by atoms with Gasteiger partial charge in [0, 0.05) is 10.4 Å². The highest BCUT2D eigenvalue weighted by molar-refractivity contribution is 7.19. The highest BCUT2D eigenvalue weighted by atomic mass is 32.1. The Bertz CT molecular complexity index is 1220. The van der Waals surface area contributed by atoms with E-state index in [1.54, 1.807) is 18.2 Å². The molecule has 0 atom stereocenters. The average molecular weight is 398 g/mol. The van der Waals surface area contributed by atoms with E-state index in [4.69, 9.17) is 5.11 Å². The molecule has 28 heavy (non-hydrogen) atoms. The third-order valence-electron chi connectivity index (χ3n) is 4.25. The minimum atomic E-state index is -1.06. The first-order chi connectivity index (χ1) is 13.4. The lowest BCUT2D eigenvalue weighted by Gasteiger charge is -2.04. The van der Waals surface area contributed by atoms with E-state index in [1.165, 1.54) is 29.5 Å². The van der Waals surface area contributed by atoms with Crippen LogP contribution >= 0.6 is 11.3 Å². The second kappa shape index (κ2) is 6.65. The Labute approximate surface area is 161 Å². The number of carboxylic acid groups (broad SMARTS) is 1. The van der Waals surface area contributed by atoms with E-state index < -0.39 is 29.1 Å². The van der Waals surface area contributed by atoms with Crippen LogP contribution in [0.15, 0.2) is 48.5 Å². The number of carboxylic acids is 1.